The van der Waals surface area contributed by atoms with Crippen molar-refractivity contribution in [2.45, 2.75) is 32.6 Å². The molecule has 0 aromatic heterocycles. The minimum absolute atomic E-state index is 0.0507. The Hall–Kier alpha value is -2.28. The van der Waals surface area contributed by atoms with Gasteiger partial charge in [-0.2, -0.15) is 0 Å². The van der Waals surface area contributed by atoms with Gasteiger partial charge in [-0.15, -0.1) is 0 Å². The molecule has 1 heterocycles. The van der Waals surface area contributed by atoms with Crippen molar-refractivity contribution in [2.24, 2.45) is 4.99 Å². The van der Waals surface area contributed by atoms with E-state index in [1.165, 1.54) is 0 Å². The first-order valence-electron chi connectivity index (χ1n) is 9.44. The molecule has 7 nitrogen and oxygen atoms in total. The molecule has 27 heavy (non-hydrogen) atoms. The number of rotatable bonds is 8. The molecule has 0 bridgehead atoms. The highest BCUT2D eigenvalue weighted by Gasteiger charge is 2.17. The number of nitrogens with zero attached hydrogens (tertiary/aromatic N) is 2. The van der Waals surface area contributed by atoms with Crippen molar-refractivity contribution in [2.75, 3.05) is 38.0 Å². The lowest BCUT2D eigenvalue weighted by Gasteiger charge is -2.15. The molecule has 0 spiro atoms. The van der Waals surface area contributed by atoms with E-state index in [2.05, 4.69) is 20.9 Å². The zero-order valence-corrected chi connectivity index (χ0v) is 16.5. The van der Waals surface area contributed by atoms with Gasteiger partial charge in [-0.05, 0) is 50.5 Å². The lowest BCUT2D eigenvalue weighted by Crippen LogP contribution is -2.39. The Bertz CT molecular complexity index is 642. The smallest absolute Gasteiger partial charge is 0.244 e. The summed E-state index contributed by atoms with van der Waals surface area (Å²) in [6, 6.07) is 7.01. The number of carbonyl (C=O) groups is 2. The summed E-state index contributed by atoms with van der Waals surface area (Å²) in [5.74, 6) is 0.612. The molecule has 3 N–H and O–H groups in total. The Balaban J connectivity index is 1.68. The molecule has 1 aliphatic rings. The van der Waals surface area contributed by atoms with Crippen molar-refractivity contribution in [3.05, 3.63) is 29.3 Å². The van der Waals surface area contributed by atoms with Gasteiger partial charge in [-0.1, -0.05) is 11.6 Å². The van der Waals surface area contributed by atoms with E-state index in [0.717, 1.165) is 31.6 Å². The van der Waals surface area contributed by atoms with E-state index in [1.807, 2.05) is 11.8 Å². The van der Waals surface area contributed by atoms with E-state index in [-0.39, 0.29) is 18.4 Å². The fourth-order valence-corrected chi connectivity index (χ4v) is 2.89. The van der Waals surface area contributed by atoms with Gasteiger partial charge in [0.2, 0.25) is 11.8 Å². The fourth-order valence-electron chi connectivity index (χ4n) is 2.77. The number of guanidine groups is 1. The number of aliphatic imine (C=N–C) groups is 1. The molecule has 1 aromatic carbocycles. The Morgan fingerprint density at radius 1 is 1.15 bits per heavy atom. The topological polar surface area (TPSA) is 85.8 Å². The number of carbonyl (C=O) groups excluding carboxylic acids is 2. The summed E-state index contributed by atoms with van der Waals surface area (Å²) < 4.78 is 0. The molecule has 0 radical (unpaired) electrons. The Morgan fingerprint density at radius 2 is 1.85 bits per heavy atom. The summed E-state index contributed by atoms with van der Waals surface area (Å²) in [5, 5.41) is 9.75. The van der Waals surface area contributed by atoms with Gasteiger partial charge in [0.15, 0.2) is 5.96 Å². The molecule has 0 saturated carbocycles. The SMILES string of the molecule is CCNC(=NCC(=O)N1CCCC1)NCCCC(=O)Nc1ccc(Cl)cc1. The maximum absolute atomic E-state index is 12.1. The maximum Gasteiger partial charge on any atom is 0.244 e. The predicted molar refractivity (Wildman–Crippen MR) is 109 cm³/mol. The second kappa shape index (κ2) is 11.4. The van der Waals surface area contributed by atoms with Crippen molar-refractivity contribution in [3.8, 4) is 0 Å². The predicted octanol–water partition coefficient (Wildman–Crippen LogP) is 2.24. The van der Waals surface area contributed by atoms with E-state index in [1.54, 1.807) is 24.3 Å². The summed E-state index contributed by atoms with van der Waals surface area (Å²) in [4.78, 5) is 30.2. The lowest BCUT2D eigenvalue weighted by molar-refractivity contribution is -0.128. The molecule has 1 aromatic rings. The average Bonchev–Trinajstić information content (AvgIpc) is 3.19. The standard InChI is InChI=1S/C19H28ClN5O2/c1-2-21-19(23-14-18(27)25-12-3-4-13-25)22-11-5-6-17(26)24-16-9-7-15(20)8-10-16/h7-10H,2-6,11-14H2,1H3,(H,24,26)(H2,21,22,23). The van der Waals surface area contributed by atoms with Gasteiger partial charge in [0.25, 0.3) is 0 Å². The van der Waals surface area contributed by atoms with Crippen LogP contribution in [0.4, 0.5) is 5.69 Å². The third-order valence-corrected chi connectivity index (χ3v) is 4.43. The second-order valence-electron chi connectivity index (χ2n) is 6.37. The van der Waals surface area contributed by atoms with E-state index < -0.39 is 0 Å². The summed E-state index contributed by atoms with van der Waals surface area (Å²) in [7, 11) is 0. The Kier molecular flexibility index (Phi) is 8.91. The highest BCUT2D eigenvalue weighted by atomic mass is 35.5. The molecule has 2 rings (SSSR count). The van der Waals surface area contributed by atoms with Gasteiger partial charge in [-0.3, -0.25) is 9.59 Å². The monoisotopic (exact) mass is 393 g/mol. The van der Waals surface area contributed by atoms with E-state index in [0.29, 0.717) is 36.9 Å². The van der Waals surface area contributed by atoms with Gasteiger partial charge in [0.05, 0.1) is 0 Å². The fraction of sp³-hybridized carbons (Fsp3) is 0.526. The molecular formula is C19H28ClN5O2. The molecule has 8 heteroatoms. The molecule has 148 valence electrons. The largest absolute Gasteiger partial charge is 0.357 e. The van der Waals surface area contributed by atoms with Crippen LogP contribution in [0.3, 0.4) is 0 Å². The molecular weight excluding hydrogens is 366 g/mol. The van der Waals surface area contributed by atoms with Crippen LogP contribution in [-0.4, -0.2) is 55.4 Å². The van der Waals surface area contributed by atoms with Crippen LogP contribution in [0.5, 0.6) is 0 Å². The van der Waals surface area contributed by atoms with Crippen molar-refractivity contribution < 1.29 is 9.59 Å². The second-order valence-corrected chi connectivity index (χ2v) is 6.80. The molecule has 1 fully saturated rings. The summed E-state index contributed by atoms with van der Waals surface area (Å²) in [6.07, 6.45) is 3.20. The third kappa shape index (κ3) is 7.86. The minimum Gasteiger partial charge on any atom is -0.357 e. The first-order valence-corrected chi connectivity index (χ1v) is 9.81. The van der Waals surface area contributed by atoms with Crippen LogP contribution in [0, 0.1) is 0 Å². The van der Waals surface area contributed by atoms with Gasteiger partial charge >= 0.3 is 0 Å². The third-order valence-electron chi connectivity index (χ3n) is 4.18. The molecule has 1 aliphatic heterocycles. The van der Waals surface area contributed by atoms with Gasteiger partial charge in [0, 0.05) is 43.3 Å². The Morgan fingerprint density at radius 3 is 2.52 bits per heavy atom. The van der Waals surface area contributed by atoms with Crippen LogP contribution in [0.25, 0.3) is 0 Å². The van der Waals surface area contributed by atoms with E-state index in [9.17, 15) is 9.59 Å². The van der Waals surface area contributed by atoms with Crippen molar-refractivity contribution in [3.63, 3.8) is 0 Å². The van der Waals surface area contributed by atoms with Crippen molar-refractivity contribution >= 4 is 35.1 Å². The van der Waals surface area contributed by atoms with Crippen molar-refractivity contribution in [1.29, 1.82) is 0 Å². The van der Waals surface area contributed by atoms with Crippen LogP contribution >= 0.6 is 11.6 Å². The number of amides is 2. The highest BCUT2D eigenvalue weighted by Crippen LogP contribution is 2.13. The van der Waals surface area contributed by atoms with E-state index >= 15 is 0 Å². The Labute approximate surface area is 165 Å². The lowest BCUT2D eigenvalue weighted by atomic mass is 10.2. The summed E-state index contributed by atoms with van der Waals surface area (Å²) in [5.41, 5.74) is 0.729. The van der Waals surface area contributed by atoms with Gasteiger partial charge < -0.3 is 20.9 Å². The normalized spacial score (nSPS) is 14.1. The average molecular weight is 394 g/mol. The van der Waals surface area contributed by atoms with Crippen LogP contribution < -0.4 is 16.0 Å². The molecule has 1 saturated heterocycles. The van der Waals surface area contributed by atoms with Crippen LogP contribution in [-0.2, 0) is 9.59 Å². The first-order chi connectivity index (χ1) is 13.1. The van der Waals surface area contributed by atoms with Gasteiger partial charge in [-0.25, -0.2) is 4.99 Å². The van der Waals surface area contributed by atoms with Gasteiger partial charge in [0.1, 0.15) is 6.54 Å². The summed E-state index contributed by atoms with van der Waals surface area (Å²) in [6.45, 7) is 5.09. The van der Waals surface area contributed by atoms with Crippen LogP contribution in [0.15, 0.2) is 29.3 Å². The molecule has 0 aliphatic carbocycles. The number of halogens is 1. The molecule has 2 amide bonds. The number of nitrogens with one attached hydrogen (secondary N) is 3. The minimum atomic E-state index is -0.0507. The zero-order chi connectivity index (χ0) is 19.5. The summed E-state index contributed by atoms with van der Waals surface area (Å²) >= 11 is 5.83. The van der Waals surface area contributed by atoms with Crippen LogP contribution in [0.1, 0.15) is 32.6 Å². The van der Waals surface area contributed by atoms with Crippen molar-refractivity contribution in [1.82, 2.24) is 15.5 Å². The first kappa shape index (κ1) is 21.0. The molecule has 0 atom stereocenters. The number of hydrogen-bond donors (Lipinski definition) is 3. The number of benzene rings is 1. The quantitative estimate of drug-likeness (QED) is 0.359. The highest BCUT2D eigenvalue weighted by molar-refractivity contribution is 6.30. The zero-order valence-electron chi connectivity index (χ0n) is 15.8. The number of likely N-dealkylation sites (tertiary alicyclic amines) is 1. The molecule has 0 unspecified atom stereocenters. The number of anilines is 1. The van der Waals surface area contributed by atoms with Crippen LogP contribution in [0.2, 0.25) is 5.02 Å². The number of hydrogen-bond acceptors (Lipinski definition) is 3. The van der Waals surface area contributed by atoms with E-state index in [4.69, 9.17) is 11.6 Å². The maximum atomic E-state index is 12.1.